The van der Waals surface area contributed by atoms with Crippen LogP contribution < -0.4 is 4.90 Å². The zero-order valence-electron chi connectivity index (χ0n) is 15.6. The molecule has 140 valence electrons. The first-order valence-electron chi connectivity index (χ1n) is 9.72. The van der Waals surface area contributed by atoms with E-state index < -0.39 is 0 Å². The van der Waals surface area contributed by atoms with Gasteiger partial charge in [-0.05, 0) is 35.9 Å². The number of anilines is 1. The summed E-state index contributed by atoms with van der Waals surface area (Å²) in [7, 11) is 0. The number of nitrogens with zero attached hydrogens (tertiary/aromatic N) is 2. The maximum atomic E-state index is 13.3. The summed E-state index contributed by atoms with van der Waals surface area (Å²) in [6.45, 7) is 3.41. The second-order valence-electron chi connectivity index (χ2n) is 7.05. The molecule has 4 rings (SSSR count). The van der Waals surface area contributed by atoms with Gasteiger partial charge in [-0.2, -0.15) is 0 Å². The van der Waals surface area contributed by atoms with Gasteiger partial charge in [-0.15, -0.1) is 11.3 Å². The quantitative estimate of drug-likeness (QED) is 0.526. The lowest BCUT2D eigenvalue weighted by atomic mass is 10.1. The van der Waals surface area contributed by atoms with Gasteiger partial charge in [0, 0.05) is 23.7 Å². The van der Waals surface area contributed by atoms with Gasteiger partial charge in [-0.3, -0.25) is 14.5 Å². The maximum Gasteiger partial charge on any atom is 0.278 e. The molecule has 5 heteroatoms. The molecule has 0 radical (unpaired) electrons. The van der Waals surface area contributed by atoms with Gasteiger partial charge in [-0.25, -0.2) is 0 Å². The summed E-state index contributed by atoms with van der Waals surface area (Å²) in [5, 5.41) is 1.96. The molecule has 4 nitrogen and oxygen atoms in total. The number of carbonyl (C=O) groups is 2. The van der Waals surface area contributed by atoms with Crippen LogP contribution in [0.1, 0.15) is 43.0 Å². The zero-order valence-corrected chi connectivity index (χ0v) is 16.4. The van der Waals surface area contributed by atoms with Gasteiger partial charge < -0.3 is 4.90 Å². The van der Waals surface area contributed by atoms with Gasteiger partial charge >= 0.3 is 0 Å². The average Bonchev–Trinajstić information content (AvgIpc) is 3.39. The number of rotatable bonds is 7. The molecule has 0 bridgehead atoms. The Kier molecular flexibility index (Phi) is 5.12. The first kappa shape index (κ1) is 18.0. The smallest absolute Gasteiger partial charge is 0.278 e. The van der Waals surface area contributed by atoms with E-state index in [1.807, 2.05) is 35.7 Å². The van der Waals surface area contributed by atoms with Gasteiger partial charge in [0.05, 0.1) is 5.57 Å². The Bertz CT molecular complexity index is 885. The number of benzene rings is 1. The fourth-order valence-electron chi connectivity index (χ4n) is 3.93. The van der Waals surface area contributed by atoms with Gasteiger partial charge in [0.25, 0.3) is 11.8 Å². The number of carbonyl (C=O) groups excluding carboxylic acids is 2. The average molecular weight is 381 g/mol. The van der Waals surface area contributed by atoms with E-state index in [4.69, 9.17) is 0 Å². The van der Waals surface area contributed by atoms with Crippen LogP contribution in [0.3, 0.4) is 0 Å². The van der Waals surface area contributed by atoms with Crippen LogP contribution in [-0.4, -0.2) is 29.8 Å². The lowest BCUT2D eigenvalue weighted by molar-refractivity contribution is -0.136. The molecule has 3 heterocycles. The molecule has 0 saturated carbocycles. The third-order valence-corrected chi connectivity index (χ3v) is 6.19. The lowest BCUT2D eigenvalue weighted by Gasteiger charge is -2.21. The summed E-state index contributed by atoms with van der Waals surface area (Å²) in [5.74, 6) is -0.282. The first-order valence-corrected chi connectivity index (χ1v) is 10.6. The number of fused-ring (bicyclic) bond motifs is 1. The summed E-state index contributed by atoms with van der Waals surface area (Å²) >= 11 is 1.52. The number of unbranched alkanes of at least 4 members (excludes halogenated alkanes) is 3. The molecule has 0 fully saturated rings. The minimum Gasteiger partial charge on any atom is -0.336 e. The summed E-state index contributed by atoms with van der Waals surface area (Å²) in [4.78, 5) is 30.9. The van der Waals surface area contributed by atoms with E-state index in [1.165, 1.54) is 21.8 Å². The monoisotopic (exact) mass is 380 g/mol. The Labute approximate surface area is 164 Å². The number of thiophene rings is 1. The predicted octanol–water partition coefficient (Wildman–Crippen LogP) is 4.47. The fourth-order valence-corrected chi connectivity index (χ4v) is 4.69. The number of para-hydroxylation sites is 1. The SMILES string of the molecule is CCCCCCN1C(=O)C(c2cccs2)=C(N2CCc3ccccc32)C1=O. The van der Waals surface area contributed by atoms with Crippen molar-refractivity contribution >= 4 is 34.4 Å². The highest BCUT2D eigenvalue weighted by Gasteiger charge is 2.43. The van der Waals surface area contributed by atoms with E-state index in [0.29, 0.717) is 17.8 Å². The van der Waals surface area contributed by atoms with E-state index in [1.54, 1.807) is 0 Å². The standard InChI is InChI=1S/C22H24N2O2S/c1-2-3-4-7-13-24-21(25)19(18-11-8-15-27-18)20(22(24)26)23-14-12-16-9-5-6-10-17(16)23/h5-6,8-11,15H,2-4,7,12-14H2,1H3. The minimum atomic E-state index is -0.142. The van der Waals surface area contributed by atoms with Crippen molar-refractivity contribution in [3.05, 3.63) is 57.9 Å². The molecule has 2 aromatic rings. The minimum absolute atomic E-state index is 0.140. The molecule has 0 saturated heterocycles. The summed E-state index contributed by atoms with van der Waals surface area (Å²) in [6, 6.07) is 12.0. The van der Waals surface area contributed by atoms with Gasteiger partial charge in [0.15, 0.2) is 0 Å². The molecular formula is C22H24N2O2S. The van der Waals surface area contributed by atoms with Crippen molar-refractivity contribution in [1.82, 2.24) is 4.90 Å². The molecular weight excluding hydrogens is 356 g/mol. The summed E-state index contributed by atoms with van der Waals surface area (Å²) < 4.78 is 0. The molecule has 27 heavy (non-hydrogen) atoms. The maximum absolute atomic E-state index is 13.3. The van der Waals surface area contributed by atoms with E-state index in [2.05, 4.69) is 17.9 Å². The zero-order chi connectivity index (χ0) is 18.8. The highest BCUT2D eigenvalue weighted by atomic mass is 32.1. The van der Waals surface area contributed by atoms with Crippen LogP contribution >= 0.6 is 11.3 Å². The summed E-state index contributed by atoms with van der Waals surface area (Å²) in [5.41, 5.74) is 3.41. The third kappa shape index (κ3) is 3.21. The molecule has 2 amide bonds. The highest BCUT2D eigenvalue weighted by molar-refractivity contribution is 7.11. The van der Waals surface area contributed by atoms with Crippen LogP contribution in [0.2, 0.25) is 0 Å². The molecule has 0 spiro atoms. The van der Waals surface area contributed by atoms with Crippen molar-refractivity contribution in [2.75, 3.05) is 18.0 Å². The fraction of sp³-hybridized carbons (Fsp3) is 0.364. The molecule has 1 aromatic heterocycles. The van der Waals surface area contributed by atoms with E-state index in [0.717, 1.165) is 49.2 Å². The number of amides is 2. The predicted molar refractivity (Wildman–Crippen MR) is 110 cm³/mol. The van der Waals surface area contributed by atoms with Gasteiger partial charge in [0.2, 0.25) is 0 Å². The Hall–Kier alpha value is -2.40. The van der Waals surface area contributed by atoms with Crippen molar-refractivity contribution in [3.8, 4) is 0 Å². The third-order valence-electron chi connectivity index (χ3n) is 5.30. The molecule has 0 N–H and O–H groups in total. The summed E-state index contributed by atoms with van der Waals surface area (Å²) in [6.07, 6.45) is 5.08. The number of hydrogen-bond donors (Lipinski definition) is 0. The second kappa shape index (κ2) is 7.69. The Morgan fingerprint density at radius 3 is 2.63 bits per heavy atom. The van der Waals surface area contributed by atoms with E-state index in [-0.39, 0.29) is 11.8 Å². The van der Waals surface area contributed by atoms with Crippen molar-refractivity contribution in [3.63, 3.8) is 0 Å². The van der Waals surface area contributed by atoms with Gasteiger partial charge in [0.1, 0.15) is 5.70 Å². The number of hydrogen-bond acceptors (Lipinski definition) is 4. The van der Waals surface area contributed by atoms with Crippen molar-refractivity contribution < 1.29 is 9.59 Å². The normalized spacial score (nSPS) is 16.6. The molecule has 2 aliphatic rings. The Morgan fingerprint density at radius 1 is 1.00 bits per heavy atom. The first-order chi connectivity index (χ1) is 13.2. The van der Waals surface area contributed by atoms with Crippen molar-refractivity contribution in [1.29, 1.82) is 0 Å². The van der Waals surface area contributed by atoms with Crippen molar-refractivity contribution in [2.24, 2.45) is 0 Å². The van der Waals surface area contributed by atoms with Crippen LogP contribution in [0.15, 0.2) is 47.5 Å². The van der Waals surface area contributed by atoms with E-state index in [9.17, 15) is 9.59 Å². The Morgan fingerprint density at radius 2 is 1.85 bits per heavy atom. The van der Waals surface area contributed by atoms with Crippen LogP contribution in [0.5, 0.6) is 0 Å². The largest absolute Gasteiger partial charge is 0.336 e. The van der Waals surface area contributed by atoms with Crippen LogP contribution in [0.4, 0.5) is 5.69 Å². The Balaban J connectivity index is 1.70. The van der Waals surface area contributed by atoms with Crippen LogP contribution in [-0.2, 0) is 16.0 Å². The second-order valence-corrected chi connectivity index (χ2v) is 8.00. The molecule has 0 atom stereocenters. The lowest BCUT2D eigenvalue weighted by Crippen LogP contribution is -2.35. The molecule has 1 aromatic carbocycles. The molecule has 0 aliphatic carbocycles. The van der Waals surface area contributed by atoms with Gasteiger partial charge in [-0.1, -0.05) is 50.5 Å². The molecule has 2 aliphatic heterocycles. The molecule has 0 unspecified atom stereocenters. The topological polar surface area (TPSA) is 40.6 Å². The highest BCUT2D eigenvalue weighted by Crippen LogP contribution is 2.39. The number of imide groups is 1. The van der Waals surface area contributed by atoms with Crippen molar-refractivity contribution in [2.45, 2.75) is 39.0 Å². The van der Waals surface area contributed by atoms with Crippen LogP contribution in [0, 0.1) is 0 Å². The van der Waals surface area contributed by atoms with E-state index >= 15 is 0 Å². The van der Waals surface area contributed by atoms with Crippen LogP contribution in [0.25, 0.3) is 5.57 Å².